The average molecular weight is 508 g/mol. The molecule has 2 aromatic rings. The highest BCUT2D eigenvalue weighted by molar-refractivity contribution is 14.1. The van der Waals surface area contributed by atoms with Gasteiger partial charge in [-0.05, 0) is 64.1 Å². The highest BCUT2D eigenvalue weighted by Crippen LogP contribution is 2.35. The predicted octanol–water partition coefficient (Wildman–Crippen LogP) is 3.71. The molecule has 0 aromatic heterocycles. The van der Waals surface area contributed by atoms with Gasteiger partial charge >= 0.3 is 0 Å². The summed E-state index contributed by atoms with van der Waals surface area (Å²) in [7, 11) is 0. The Bertz CT molecular complexity index is 989. The smallest absolute Gasteiger partial charge is 0.265 e. The number of anilines is 1. The van der Waals surface area contributed by atoms with Crippen LogP contribution in [0.4, 0.5) is 5.69 Å². The number of hydrogen-bond acceptors (Lipinski definition) is 5. The fraction of sp³-hybridized carbons (Fsp3) is 0.105. The van der Waals surface area contributed by atoms with Crippen LogP contribution >= 0.6 is 46.6 Å². The standard InChI is InChI=1S/C19H13IN2O3S2/c20-13-4-1-11(2-5-13)9-22-14-7-12(3-6-15(14)25-10-17(22)23)8-16-18(24)21-19(26)27-16/h1-8H,9-10H2,(H,21,24,26)/b16-8-. The van der Waals surface area contributed by atoms with Crippen molar-refractivity contribution in [2.75, 3.05) is 11.5 Å². The molecule has 0 atom stereocenters. The van der Waals surface area contributed by atoms with Crippen molar-refractivity contribution in [2.24, 2.45) is 0 Å². The summed E-state index contributed by atoms with van der Waals surface area (Å²) in [6, 6.07) is 13.6. The van der Waals surface area contributed by atoms with Gasteiger partial charge in [-0.25, -0.2) is 0 Å². The number of amides is 2. The van der Waals surface area contributed by atoms with E-state index in [0.717, 1.165) is 14.7 Å². The summed E-state index contributed by atoms with van der Waals surface area (Å²) in [4.78, 5) is 26.6. The number of hydrogen-bond donors (Lipinski definition) is 1. The summed E-state index contributed by atoms with van der Waals surface area (Å²) in [5, 5.41) is 2.60. The number of thiocarbonyl (C=S) groups is 1. The van der Waals surface area contributed by atoms with E-state index in [2.05, 4.69) is 27.9 Å². The van der Waals surface area contributed by atoms with Gasteiger partial charge in [-0.2, -0.15) is 0 Å². The van der Waals surface area contributed by atoms with E-state index in [9.17, 15) is 9.59 Å². The Labute approximate surface area is 179 Å². The first-order chi connectivity index (χ1) is 13.0. The zero-order valence-electron chi connectivity index (χ0n) is 13.9. The second-order valence-corrected chi connectivity index (χ2v) is 8.94. The quantitative estimate of drug-likeness (QED) is 0.390. The van der Waals surface area contributed by atoms with E-state index in [4.69, 9.17) is 17.0 Å². The van der Waals surface area contributed by atoms with E-state index in [1.807, 2.05) is 42.5 Å². The minimum atomic E-state index is -0.203. The molecule has 27 heavy (non-hydrogen) atoms. The second kappa shape index (κ2) is 7.61. The van der Waals surface area contributed by atoms with Crippen LogP contribution in [0.3, 0.4) is 0 Å². The van der Waals surface area contributed by atoms with Gasteiger partial charge in [-0.3, -0.25) is 9.59 Å². The molecule has 1 fully saturated rings. The number of benzene rings is 2. The molecule has 5 nitrogen and oxygen atoms in total. The molecule has 1 N–H and O–H groups in total. The summed E-state index contributed by atoms with van der Waals surface area (Å²) >= 11 is 8.50. The Hall–Kier alpha value is -1.91. The lowest BCUT2D eigenvalue weighted by molar-refractivity contribution is -0.121. The lowest BCUT2D eigenvalue weighted by atomic mass is 10.1. The zero-order valence-corrected chi connectivity index (χ0v) is 17.7. The van der Waals surface area contributed by atoms with Crippen molar-refractivity contribution in [2.45, 2.75) is 6.54 Å². The number of halogens is 1. The Morgan fingerprint density at radius 2 is 2.00 bits per heavy atom. The molecule has 0 saturated carbocycles. The van der Waals surface area contributed by atoms with E-state index in [0.29, 0.717) is 27.2 Å². The first-order valence-corrected chi connectivity index (χ1v) is 10.4. The molecule has 2 aromatic carbocycles. The first-order valence-electron chi connectivity index (χ1n) is 8.06. The lowest BCUT2D eigenvalue weighted by Crippen LogP contribution is -2.38. The van der Waals surface area contributed by atoms with Crippen LogP contribution in [-0.4, -0.2) is 22.7 Å². The molecule has 2 amide bonds. The van der Waals surface area contributed by atoms with E-state index in [1.165, 1.54) is 11.8 Å². The second-order valence-electron chi connectivity index (χ2n) is 5.97. The van der Waals surface area contributed by atoms with Crippen molar-refractivity contribution in [3.05, 3.63) is 62.1 Å². The Kier molecular flexibility index (Phi) is 5.20. The molecular weight excluding hydrogens is 495 g/mol. The fourth-order valence-electron chi connectivity index (χ4n) is 2.83. The molecule has 2 aliphatic rings. The van der Waals surface area contributed by atoms with Crippen molar-refractivity contribution < 1.29 is 14.3 Å². The molecule has 4 rings (SSSR count). The first kappa shape index (κ1) is 18.5. The van der Waals surface area contributed by atoms with Crippen molar-refractivity contribution >= 4 is 74.5 Å². The monoisotopic (exact) mass is 508 g/mol. The third-order valence-electron chi connectivity index (χ3n) is 4.12. The van der Waals surface area contributed by atoms with Gasteiger partial charge in [-0.1, -0.05) is 42.2 Å². The Morgan fingerprint density at radius 1 is 1.22 bits per heavy atom. The molecule has 8 heteroatoms. The van der Waals surface area contributed by atoms with Gasteiger partial charge in [0.1, 0.15) is 10.1 Å². The zero-order chi connectivity index (χ0) is 19.0. The summed E-state index contributed by atoms with van der Waals surface area (Å²) in [5.74, 6) is 0.354. The van der Waals surface area contributed by atoms with Crippen molar-refractivity contribution in [1.29, 1.82) is 0 Å². The number of ether oxygens (including phenoxy) is 1. The van der Waals surface area contributed by atoms with E-state index in [1.54, 1.807) is 11.0 Å². The number of fused-ring (bicyclic) bond motifs is 1. The predicted molar refractivity (Wildman–Crippen MR) is 119 cm³/mol. The Balaban J connectivity index is 1.67. The maximum absolute atomic E-state index is 12.5. The SMILES string of the molecule is O=C1NC(=S)S/C1=C\c1ccc2c(c1)N(Cc1ccc(I)cc1)C(=O)CO2. The highest BCUT2D eigenvalue weighted by Gasteiger charge is 2.27. The largest absolute Gasteiger partial charge is 0.482 e. The van der Waals surface area contributed by atoms with Crippen LogP contribution in [0, 0.1) is 3.57 Å². The van der Waals surface area contributed by atoms with Crippen LogP contribution in [0.1, 0.15) is 11.1 Å². The summed E-state index contributed by atoms with van der Waals surface area (Å²) in [6.07, 6.45) is 1.77. The van der Waals surface area contributed by atoms with E-state index >= 15 is 0 Å². The number of rotatable bonds is 3. The van der Waals surface area contributed by atoms with Gasteiger partial charge in [-0.15, -0.1) is 0 Å². The normalized spacial score (nSPS) is 17.7. The molecule has 0 bridgehead atoms. The molecule has 0 spiro atoms. The summed E-state index contributed by atoms with van der Waals surface area (Å²) < 4.78 is 7.16. The van der Waals surface area contributed by atoms with Crippen LogP contribution in [0.5, 0.6) is 5.75 Å². The van der Waals surface area contributed by atoms with Gasteiger partial charge in [0.05, 0.1) is 17.1 Å². The summed E-state index contributed by atoms with van der Waals surface area (Å²) in [5.41, 5.74) is 2.54. The molecule has 2 heterocycles. The third kappa shape index (κ3) is 4.02. The number of thioether (sulfide) groups is 1. The lowest BCUT2D eigenvalue weighted by Gasteiger charge is -2.29. The van der Waals surface area contributed by atoms with Gasteiger partial charge in [0.2, 0.25) is 0 Å². The molecule has 1 saturated heterocycles. The molecule has 0 radical (unpaired) electrons. The van der Waals surface area contributed by atoms with Crippen molar-refractivity contribution in [3.8, 4) is 5.75 Å². The summed E-state index contributed by atoms with van der Waals surface area (Å²) in [6.45, 7) is 0.482. The maximum Gasteiger partial charge on any atom is 0.265 e. The van der Waals surface area contributed by atoms with Gasteiger partial charge in [0.15, 0.2) is 6.61 Å². The van der Waals surface area contributed by atoms with Crippen LogP contribution in [-0.2, 0) is 16.1 Å². The van der Waals surface area contributed by atoms with Crippen molar-refractivity contribution in [1.82, 2.24) is 5.32 Å². The molecule has 0 aliphatic carbocycles. The van der Waals surface area contributed by atoms with Crippen LogP contribution < -0.4 is 15.0 Å². The minimum Gasteiger partial charge on any atom is -0.482 e. The number of carbonyl (C=O) groups excluding carboxylic acids is 2. The van der Waals surface area contributed by atoms with Gasteiger partial charge < -0.3 is 15.0 Å². The topological polar surface area (TPSA) is 58.6 Å². The average Bonchev–Trinajstić information content (AvgIpc) is 2.96. The van der Waals surface area contributed by atoms with Gasteiger partial charge in [0.25, 0.3) is 11.8 Å². The molecule has 2 aliphatic heterocycles. The van der Waals surface area contributed by atoms with Gasteiger partial charge in [0, 0.05) is 3.57 Å². The maximum atomic E-state index is 12.5. The number of nitrogens with zero attached hydrogens (tertiary/aromatic N) is 1. The Morgan fingerprint density at radius 3 is 2.70 bits per heavy atom. The van der Waals surface area contributed by atoms with Crippen LogP contribution in [0.2, 0.25) is 0 Å². The number of nitrogens with one attached hydrogen (secondary N) is 1. The third-order valence-corrected chi connectivity index (χ3v) is 6.00. The molecule has 0 unspecified atom stereocenters. The minimum absolute atomic E-state index is 0.0182. The molecular formula is C19H13IN2O3S2. The highest BCUT2D eigenvalue weighted by atomic mass is 127. The number of carbonyl (C=O) groups is 2. The fourth-order valence-corrected chi connectivity index (χ4v) is 4.23. The molecule has 136 valence electrons. The van der Waals surface area contributed by atoms with E-state index in [-0.39, 0.29) is 18.4 Å². The van der Waals surface area contributed by atoms with Crippen molar-refractivity contribution in [3.63, 3.8) is 0 Å². The van der Waals surface area contributed by atoms with Crippen LogP contribution in [0.25, 0.3) is 6.08 Å². The van der Waals surface area contributed by atoms with E-state index < -0.39 is 0 Å². The van der Waals surface area contributed by atoms with Crippen LogP contribution in [0.15, 0.2) is 47.4 Å².